The standard InChI is InChI=1S/C11H16N6S/c1-3-4-9-13-5-6-17(9)10-7-8(16-12)14-11(15-10)18-2/h5-7H,3-4,12H2,1-2H3,(H,14,15,16). The van der Waals surface area contributed by atoms with E-state index >= 15 is 0 Å². The van der Waals surface area contributed by atoms with Crippen molar-refractivity contribution in [1.29, 1.82) is 0 Å². The molecule has 0 fully saturated rings. The highest BCUT2D eigenvalue weighted by molar-refractivity contribution is 7.98. The molecule has 0 amide bonds. The number of nitrogen functional groups attached to an aromatic ring is 1. The first kappa shape index (κ1) is 12.8. The van der Waals surface area contributed by atoms with Gasteiger partial charge in [-0.3, -0.25) is 4.57 Å². The minimum atomic E-state index is 0.598. The van der Waals surface area contributed by atoms with Gasteiger partial charge in [0.15, 0.2) is 5.16 Å². The van der Waals surface area contributed by atoms with Crippen molar-refractivity contribution >= 4 is 17.6 Å². The monoisotopic (exact) mass is 264 g/mol. The zero-order valence-corrected chi connectivity index (χ0v) is 11.2. The van der Waals surface area contributed by atoms with Crippen LogP contribution in [0.1, 0.15) is 19.2 Å². The Hall–Kier alpha value is -1.60. The van der Waals surface area contributed by atoms with Crippen molar-refractivity contribution < 1.29 is 0 Å². The molecule has 0 saturated carbocycles. The van der Waals surface area contributed by atoms with Crippen molar-refractivity contribution in [2.75, 3.05) is 11.7 Å². The number of hydrogen-bond acceptors (Lipinski definition) is 6. The van der Waals surface area contributed by atoms with E-state index in [1.54, 1.807) is 12.3 Å². The van der Waals surface area contributed by atoms with Gasteiger partial charge in [0.05, 0.1) is 0 Å². The molecule has 0 aliphatic rings. The van der Waals surface area contributed by atoms with Crippen LogP contribution in [-0.2, 0) is 6.42 Å². The molecular weight excluding hydrogens is 248 g/mol. The van der Waals surface area contributed by atoms with Crippen LogP contribution in [-0.4, -0.2) is 25.8 Å². The van der Waals surface area contributed by atoms with Crippen LogP contribution in [0.5, 0.6) is 0 Å². The summed E-state index contributed by atoms with van der Waals surface area (Å²) in [7, 11) is 0. The van der Waals surface area contributed by atoms with Gasteiger partial charge in [-0.1, -0.05) is 18.7 Å². The lowest BCUT2D eigenvalue weighted by atomic mass is 10.3. The van der Waals surface area contributed by atoms with Gasteiger partial charge in [0, 0.05) is 24.9 Å². The third-order valence-electron chi connectivity index (χ3n) is 2.46. The molecular formula is C11H16N6S. The summed E-state index contributed by atoms with van der Waals surface area (Å²) in [5, 5.41) is 0.677. The Balaban J connectivity index is 2.45. The van der Waals surface area contributed by atoms with Gasteiger partial charge in [-0.05, 0) is 12.7 Å². The molecule has 0 spiro atoms. The molecule has 2 aromatic heterocycles. The maximum atomic E-state index is 5.42. The highest BCUT2D eigenvalue weighted by atomic mass is 32.2. The van der Waals surface area contributed by atoms with E-state index < -0.39 is 0 Å². The molecule has 3 N–H and O–H groups in total. The summed E-state index contributed by atoms with van der Waals surface area (Å²) in [4.78, 5) is 13.0. The summed E-state index contributed by atoms with van der Waals surface area (Å²) in [6.07, 6.45) is 7.57. The van der Waals surface area contributed by atoms with E-state index in [0.717, 1.165) is 24.5 Å². The molecule has 0 radical (unpaired) electrons. The minimum Gasteiger partial charge on any atom is -0.308 e. The largest absolute Gasteiger partial charge is 0.308 e. The molecule has 0 saturated heterocycles. The minimum absolute atomic E-state index is 0.598. The molecule has 0 atom stereocenters. The van der Waals surface area contributed by atoms with Crippen molar-refractivity contribution in [2.45, 2.75) is 24.9 Å². The van der Waals surface area contributed by atoms with Crippen molar-refractivity contribution in [3.05, 3.63) is 24.3 Å². The van der Waals surface area contributed by atoms with Gasteiger partial charge >= 0.3 is 0 Å². The molecule has 2 heterocycles. The maximum absolute atomic E-state index is 5.42. The van der Waals surface area contributed by atoms with Crippen molar-refractivity contribution in [2.24, 2.45) is 5.84 Å². The van der Waals surface area contributed by atoms with E-state index in [4.69, 9.17) is 5.84 Å². The molecule has 0 unspecified atom stereocenters. The number of aromatic nitrogens is 4. The Morgan fingerprint density at radius 3 is 2.94 bits per heavy atom. The number of aryl methyl sites for hydroxylation is 1. The Morgan fingerprint density at radius 1 is 1.44 bits per heavy atom. The summed E-state index contributed by atoms with van der Waals surface area (Å²) < 4.78 is 1.96. The summed E-state index contributed by atoms with van der Waals surface area (Å²) >= 11 is 1.48. The number of nitrogens with one attached hydrogen (secondary N) is 1. The molecule has 6 nitrogen and oxygen atoms in total. The lowest BCUT2D eigenvalue weighted by molar-refractivity contribution is 0.784. The molecule has 18 heavy (non-hydrogen) atoms. The molecule has 0 aliphatic heterocycles. The first-order chi connectivity index (χ1) is 8.78. The molecule has 0 bridgehead atoms. The van der Waals surface area contributed by atoms with Gasteiger partial charge in [-0.15, -0.1) is 0 Å². The zero-order chi connectivity index (χ0) is 13.0. The summed E-state index contributed by atoms with van der Waals surface area (Å²) in [6.45, 7) is 2.12. The SMILES string of the molecule is CCCc1nccn1-c1cc(NN)nc(SC)n1. The average molecular weight is 264 g/mol. The van der Waals surface area contributed by atoms with E-state index in [9.17, 15) is 0 Å². The topological polar surface area (TPSA) is 81.7 Å². The number of nitrogens with two attached hydrogens (primary N) is 1. The second-order valence-electron chi connectivity index (χ2n) is 3.71. The fraction of sp³-hybridized carbons (Fsp3) is 0.364. The first-order valence-corrected chi connectivity index (χ1v) is 6.93. The number of hydrazine groups is 1. The highest BCUT2D eigenvalue weighted by Crippen LogP contribution is 2.17. The Kier molecular flexibility index (Phi) is 4.16. The maximum Gasteiger partial charge on any atom is 0.191 e. The predicted molar refractivity (Wildman–Crippen MR) is 72.7 cm³/mol. The zero-order valence-electron chi connectivity index (χ0n) is 10.4. The van der Waals surface area contributed by atoms with E-state index in [1.807, 2.05) is 17.0 Å². The predicted octanol–water partition coefficient (Wildman–Crippen LogP) is 1.62. The number of hydrogen-bond donors (Lipinski definition) is 2. The molecule has 0 aliphatic carbocycles. The van der Waals surface area contributed by atoms with E-state index in [2.05, 4.69) is 27.3 Å². The van der Waals surface area contributed by atoms with E-state index in [-0.39, 0.29) is 0 Å². The number of anilines is 1. The number of nitrogens with zero attached hydrogens (tertiary/aromatic N) is 4. The quantitative estimate of drug-likeness (QED) is 0.370. The van der Waals surface area contributed by atoms with Crippen LogP contribution in [0.3, 0.4) is 0 Å². The van der Waals surface area contributed by atoms with Crippen LogP contribution in [0.15, 0.2) is 23.6 Å². The number of rotatable bonds is 5. The van der Waals surface area contributed by atoms with Crippen molar-refractivity contribution in [3.63, 3.8) is 0 Å². The van der Waals surface area contributed by atoms with Crippen LogP contribution in [0, 0.1) is 0 Å². The third kappa shape index (κ3) is 2.62. The normalized spacial score (nSPS) is 10.6. The Morgan fingerprint density at radius 2 is 2.28 bits per heavy atom. The highest BCUT2D eigenvalue weighted by Gasteiger charge is 2.08. The molecule has 7 heteroatoms. The van der Waals surface area contributed by atoms with Gasteiger partial charge in [-0.2, -0.15) is 0 Å². The smallest absolute Gasteiger partial charge is 0.191 e. The fourth-order valence-corrected chi connectivity index (χ4v) is 2.03. The fourth-order valence-electron chi connectivity index (χ4n) is 1.65. The second kappa shape index (κ2) is 5.83. The van der Waals surface area contributed by atoms with Gasteiger partial charge in [0.25, 0.3) is 0 Å². The van der Waals surface area contributed by atoms with Crippen LogP contribution in [0.2, 0.25) is 0 Å². The van der Waals surface area contributed by atoms with Gasteiger partial charge in [0.2, 0.25) is 0 Å². The van der Waals surface area contributed by atoms with Gasteiger partial charge in [0.1, 0.15) is 17.5 Å². The van der Waals surface area contributed by atoms with Crippen molar-refractivity contribution in [1.82, 2.24) is 19.5 Å². The van der Waals surface area contributed by atoms with Crippen LogP contribution in [0.4, 0.5) is 5.82 Å². The molecule has 0 aromatic carbocycles. The molecule has 96 valence electrons. The second-order valence-corrected chi connectivity index (χ2v) is 4.48. The van der Waals surface area contributed by atoms with Gasteiger partial charge in [-0.25, -0.2) is 20.8 Å². The number of imidazole rings is 1. The van der Waals surface area contributed by atoms with E-state index in [0.29, 0.717) is 11.0 Å². The van der Waals surface area contributed by atoms with Crippen LogP contribution >= 0.6 is 11.8 Å². The van der Waals surface area contributed by atoms with Gasteiger partial charge < -0.3 is 5.43 Å². The number of thioether (sulfide) groups is 1. The molecule has 2 aromatic rings. The summed E-state index contributed by atoms with van der Waals surface area (Å²) in [6, 6.07) is 1.81. The average Bonchev–Trinajstić information content (AvgIpc) is 2.87. The van der Waals surface area contributed by atoms with Crippen molar-refractivity contribution in [3.8, 4) is 5.82 Å². The lowest BCUT2D eigenvalue weighted by Crippen LogP contribution is -2.11. The van der Waals surface area contributed by atoms with Crippen LogP contribution in [0.25, 0.3) is 5.82 Å². The molecule has 2 rings (SSSR count). The Bertz CT molecular complexity index is 502. The first-order valence-electron chi connectivity index (χ1n) is 5.70. The van der Waals surface area contributed by atoms with E-state index in [1.165, 1.54) is 11.8 Å². The lowest BCUT2D eigenvalue weighted by Gasteiger charge is -2.09. The summed E-state index contributed by atoms with van der Waals surface area (Å²) in [5.41, 5.74) is 2.56. The van der Waals surface area contributed by atoms with Crippen LogP contribution < -0.4 is 11.3 Å². The summed E-state index contributed by atoms with van der Waals surface area (Å²) in [5.74, 6) is 7.79. The third-order valence-corrected chi connectivity index (χ3v) is 3.01. The Labute approximate surface area is 110 Å².